The van der Waals surface area contributed by atoms with Gasteiger partial charge in [0.25, 0.3) is 0 Å². The fourth-order valence-electron chi connectivity index (χ4n) is 3.12. The van der Waals surface area contributed by atoms with Crippen LogP contribution < -0.4 is 10.1 Å². The molecule has 1 atom stereocenters. The van der Waals surface area contributed by atoms with E-state index in [2.05, 4.69) is 36.6 Å². The van der Waals surface area contributed by atoms with Gasteiger partial charge in [0.1, 0.15) is 5.75 Å². The molecule has 2 aliphatic rings. The van der Waals surface area contributed by atoms with Crippen LogP contribution in [-0.4, -0.2) is 13.2 Å². The molecular formula is C16H23NO. The van der Waals surface area contributed by atoms with Crippen LogP contribution in [0.2, 0.25) is 0 Å². The molecule has 0 radical (unpaired) electrons. The molecule has 0 saturated heterocycles. The number of benzene rings is 1. The second-order valence-corrected chi connectivity index (χ2v) is 5.70. The zero-order chi connectivity index (χ0) is 12.4. The van der Waals surface area contributed by atoms with Crippen LogP contribution in [0.25, 0.3) is 0 Å². The van der Waals surface area contributed by atoms with Gasteiger partial charge in [-0.15, -0.1) is 0 Å². The van der Waals surface area contributed by atoms with Gasteiger partial charge < -0.3 is 10.1 Å². The lowest BCUT2D eigenvalue weighted by Crippen LogP contribution is -2.23. The molecule has 0 aliphatic heterocycles. The minimum Gasteiger partial charge on any atom is -0.490 e. The van der Waals surface area contributed by atoms with Crippen molar-refractivity contribution in [3.63, 3.8) is 0 Å². The van der Waals surface area contributed by atoms with Gasteiger partial charge >= 0.3 is 0 Å². The molecule has 2 saturated carbocycles. The third kappa shape index (κ3) is 2.69. The Morgan fingerprint density at radius 3 is 2.61 bits per heavy atom. The fraction of sp³-hybridized carbons (Fsp3) is 0.625. The highest BCUT2D eigenvalue weighted by Crippen LogP contribution is 2.37. The van der Waals surface area contributed by atoms with Gasteiger partial charge in [-0.3, -0.25) is 0 Å². The van der Waals surface area contributed by atoms with Crippen LogP contribution in [0.5, 0.6) is 5.75 Å². The molecular weight excluding hydrogens is 222 g/mol. The summed E-state index contributed by atoms with van der Waals surface area (Å²) in [5.74, 6) is 1.85. The number of ether oxygens (including phenoxy) is 1. The smallest absolute Gasteiger partial charge is 0.120 e. The standard InChI is InChI=1S/C16H23NO/c1-17-16(12-5-2-3-6-12)13-7-4-8-15(11-13)18-14-9-10-14/h4,7-8,11-12,14,16-17H,2-3,5-6,9-10H2,1H3. The predicted molar refractivity (Wildman–Crippen MR) is 73.9 cm³/mol. The van der Waals surface area contributed by atoms with Crippen molar-refractivity contribution in [1.82, 2.24) is 5.32 Å². The second-order valence-electron chi connectivity index (χ2n) is 5.70. The normalized spacial score (nSPS) is 22.1. The molecule has 1 aromatic carbocycles. The molecule has 0 spiro atoms. The molecule has 2 nitrogen and oxygen atoms in total. The third-order valence-corrected chi connectivity index (χ3v) is 4.23. The van der Waals surface area contributed by atoms with Gasteiger partial charge in [0.2, 0.25) is 0 Å². The maximum Gasteiger partial charge on any atom is 0.120 e. The number of nitrogens with one attached hydrogen (secondary N) is 1. The highest BCUT2D eigenvalue weighted by molar-refractivity contribution is 5.31. The van der Waals surface area contributed by atoms with Crippen LogP contribution in [0, 0.1) is 5.92 Å². The number of hydrogen-bond donors (Lipinski definition) is 1. The highest BCUT2D eigenvalue weighted by Gasteiger charge is 2.26. The monoisotopic (exact) mass is 245 g/mol. The van der Waals surface area contributed by atoms with E-state index >= 15 is 0 Å². The largest absolute Gasteiger partial charge is 0.490 e. The van der Waals surface area contributed by atoms with Gasteiger partial charge in [-0.1, -0.05) is 25.0 Å². The highest BCUT2D eigenvalue weighted by atomic mass is 16.5. The van der Waals surface area contributed by atoms with Crippen molar-refractivity contribution < 1.29 is 4.74 Å². The number of hydrogen-bond acceptors (Lipinski definition) is 2. The quantitative estimate of drug-likeness (QED) is 0.854. The van der Waals surface area contributed by atoms with E-state index in [0.29, 0.717) is 12.1 Å². The van der Waals surface area contributed by atoms with Gasteiger partial charge in [0.15, 0.2) is 0 Å². The molecule has 18 heavy (non-hydrogen) atoms. The lowest BCUT2D eigenvalue weighted by Gasteiger charge is -2.23. The van der Waals surface area contributed by atoms with E-state index in [4.69, 9.17) is 4.74 Å². The molecule has 2 fully saturated rings. The molecule has 1 unspecified atom stereocenters. The zero-order valence-electron chi connectivity index (χ0n) is 11.2. The van der Waals surface area contributed by atoms with Crippen LogP contribution in [0.15, 0.2) is 24.3 Å². The summed E-state index contributed by atoms with van der Waals surface area (Å²) >= 11 is 0. The predicted octanol–water partition coefficient (Wildman–Crippen LogP) is 3.68. The minimum atomic E-state index is 0.486. The van der Waals surface area contributed by atoms with E-state index in [1.165, 1.54) is 44.1 Å². The summed E-state index contributed by atoms with van der Waals surface area (Å²) in [5, 5.41) is 3.50. The van der Waals surface area contributed by atoms with Crippen LogP contribution in [0.3, 0.4) is 0 Å². The Balaban J connectivity index is 1.75. The van der Waals surface area contributed by atoms with Crippen molar-refractivity contribution in [2.24, 2.45) is 5.92 Å². The summed E-state index contributed by atoms with van der Waals surface area (Å²) < 4.78 is 5.90. The van der Waals surface area contributed by atoms with E-state index in [0.717, 1.165) is 11.7 Å². The summed E-state index contributed by atoms with van der Waals surface area (Å²) in [5.41, 5.74) is 1.39. The molecule has 0 bridgehead atoms. The first-order chi connectivity index (χ1) is 8.86. The first-order valence-electron chi connectivity index (χ1n) is 7.30. The van der Waals surface area contributed by atoms with E-state index in [1.807, 2.05) is 0 Å². The first-order valence-corrected chi connectivity index (χ1v) is 7.30. The lowest BCUT2D eigenvalue weighted by atomic mass is 9.92. The van der Waals surface area contributed by atoms with E-state index in [9.17, 15) is 0 Å². The van der Waals surface area contributed by atoms with E-state index < -0.39 is 0 Å². The van der Waals surface area contributed by atoms with Crippen LogP contribution >= 0.6 is 0 Å². The maximum atomic E-state index is 5.90. The zero-order valence-corrected chi connectivity index (χ0v) is 11.2. The van der Waals surface area contributed by atoms with Crippen molar-refractivity contribution in [1.29, 1.82) is 0 Å². The summed E-state index contributed by atoms with van der Waals surface area (Å²) in [7, 11) is 2.08. The molecule has 3 rings (SSSR count). The van der Waals surface area contributed by atoms with Crippen molar-refractivity contribution >= 4 is 0 Å². The topological polar surface area (TPSA) is 21.3 Å². The molecule has 1 N–H and O–H groups in total. The van der Waals surface area contributed by atoms with Gasteiger partial charge in [-0.2, -0.15) is 0 Å². The van der Waals surface area contributed by atoms with E-state index in [1.54, 1.807) is 0 Å². The van der Waals surface area contributed by atoms with Gasteiger partial charge in [0.05, 0.1) is 6.10 Å². The minimum absolute atomic E-state index is 0.486. The Bertz CT molecular complexity index is 394. The molecule has 98 valence electrons. The van der Waals surface area contributed by atoms with Crippen molar-refractivity contribution in [3.8, 4) is 5.75 Å². The third-order valence-electron chi connectivity index (χ3n) is 4.23. The van der Waals surface area contributed by atoms with Crippen LogP contribution in [0.1, 0.15) is 50.1 Å². The molecule has 0 amide bonds. The Kier molecular flexibility index (Phi) is 3.55. The fourth-order valence-corrected chi connectivity index (χ4v) is 3.12. The summed E-state index contributed by atoms with van der Waals surface area (Å²) in [6.07, 6.45) is 8.44. The molecule has 2 aliphatic carbocycles. The summed E-state index contributed by atoms with van der Waals surface area (Å²) in [4.78, 5) is 0. The average molecular weight is 245 g/mol. The van der Waals surface area contributed by atoms with Gasteiger partial charge in [0, 0.05) is 6.04 Å². The van der Waals surface area contributed by atoms with Gasteiger partial charge in [-0.25, -0.2) is 0 Å². The van der Waals surface area contributed by atoms with Crippen LogP contribution in [-0.2, 0) is 0 Å². The number of rotatable bonds is 5. The van der Waals surface area contributed by atoms with Crippen molar-refractivity contribution in [3.05, 3.63) is 29.8 Å². The second kappa shape index (κ2) is 5.31. The summed E-state index contributed by atoms with van der Waals surface area (Å²) in [6.45, 7) is 0. The van der Waals surface area contributed by atoms with Gasteiger partial charge in [-0.05, 0) is 56.3 Å². The first kappa shape index (κ1) is 12.0. The maximum absolute atomic E-state index is 5.90. The molecule has 0 aromatic heterocycles. The van der Waals surface area contributed by atoms with Crippen molar-refractivity contribution in [2.45, 2.75) is 50.7 Å². The lowest BCUT2D eigenvalue weighted by molar-refractivity contribution is 0.301. The Hall–Kier alpha value is -1.02. The Morgan fingerprint density at radius 2 is 1.94 bits per heavy atom. The molecule has 2 heteroatoms. The Morgan fingerprint density at radius 1 is 1.17 bits per heavy atom. The Labute approximate surface area is 110 Å². The SMILES string of the molecule is CNC(c1cccc(OC2CC2)c1)C1CCCC1. The molecule has 0 heterocycles. The van der Waals surface area contributed by atoms with Crippen LogP contribution in [0.4, 0.5) is 0 Å². The summed E-state index contributed by atoms with van der Waals surface area (Å²) in [6, 6.07) is 9.18. The van der Waals surface area contributed by atoms with E-state index in [-0.39, 0.29) is 0 Å². The molecule has 1 aromatic rings. The average Bonchev–Trinajstić information content (AvgIpc) is 3.04. The van der Waals surface area contributed by atoms with Crippen molar-refractivity contribution in [2.75, 3.05) is 7.05 Å².